The molecule has 0 amide bonds. The predicted molar refractivity (Wildman–Crippen MR) is 60.2 cm³/mol. The molecule has 0 saturated carbocycles. The molecule has 15 heavy (non-hydrogen) atoms. The largest absolute Gasteiger partial charge is 0.493 e. The first-order chi connectivity index (χ1) is 7.17. The number of benzene rings is 1. The van der Waals surface area contributed by atoms with Crippen LogP contribution in [0.4, 0.5) is 0 Å². The molecule has 5 heteroatoms. The van der Waals surface area contributed by atoms with E-state index in [4.69, 9.17) is 9.47 Å². The van der Waals surface area contributed by atoms with E-state index in [0.29, 0.717) is 11.5 Å². The molecule has 1 aromatic heterocycles. The third-order valence-electron chi connectivity index (χ3n) is 2.30. The molecule has 0 radical (unpaired) electrons. The number of rotatable bonds is 2. The van der Waals surface area contributed by atoms with Gasteiger partial charge in [0.2, 0.25) is 0 Å². The fourth-order valence-electron chi connectivity index (χ4n) is 1.45. The fraction of sp³-hybridized carbons (Fsp3) is 0.300. The van der Waals surface area contributed by atoms with E-state index in [1.807, 2.05) is 12.1 Å². The van der Waals surface area contributed by atoms with Crippen LogP contribution in [0.5, 0.6) is 11.5 Å². The van der Waals surface area contributed by atoms with E-state index in [9.17, 15) is 4.79 Å². The minimum absolute atomic E-state index is 0.0142. The van der Waals surface area contributed by atoms with Crippen LogP contribution in [0.3, 0.4) is 0 Å². The number of hydrogen-bond acceptors (Lipinski definition) is 4. The van der Waals surface area contributed by atoms with Crippen LogP contribution in [0.1, 0.15) is 0 Å². The van der Waals surface area contributed by atoms with Crippen molar-refractivity contribution < 1.29 is 9.47 Å². The molecule has 4 nitrogen and oxygen atoms in total. The number of thiazole rings is 1. The molecule has 0 aliphatic carbocycles. The van der Waals surface area contributed by atoms with Gasteiger partial charge in [0.25, 0.3) is 0 Å². The molecule has 80 valence electrons. The number of aromatic nitrogens is 1. The highest BCUT2D eigenvalue weighted by Crippen LogP contribution is 2.32. The first kappa shape index (κ1) is 10.0. The Balaban J connectivity index is 2.81. The van der Waals surface area contributed by atoms with Crippen LogP contribution in [0, 0.1) is 0 Å². The van der Waals surface area contributed by atoms with Crippen molar-refractivity contribution in [2.45, 2.75) is 0 Å². The van der Waals surface area contributed by atoms with Crippen LogP contribution < -0.4 is 14.3 Å². The summed E-state index contributed by atoms with van der Waals surface area (Å²) in [5.74, 6) is 1.28. The second kappa shape index (κ2) is 3.58. The summed E-state index contributed by atoms with van der Waals surface area (Å²) in [7, 11) is 4.90. The maximum absolute atomic E-state index is 11.4. The van der Waals surface area contributed by atoms with Crippen molar-refractivity contribution in [1.82, 2.24) is 4.57 Å². The molecule has 0 spiro atoms. The van der Waals surface area contributed by atoms with E-state index in [0.717, 1.165) is 10.2 Å². The Bertz CT molecular complexity index is 556. The molecule has 0 atom stereocenters. The minimum Gasteiger partial charge on any atom is -0.493 e. The van der Waals surface area contributed by atoms with E-state index in [1.54, 1.807) is 25.8 Å². The quantitative estimate of drug-likeness (QED) is 0.779. The first-order valence-corrected chi connectivity index (χ1v) is 5.20. The Morgan fingerprint density at radius 3 is 2.40 bits per heavy atom. The van der Waals surface area contributed by atoms with Crippen LogP contribution in [0.15, 0.2) is 16.9 Å². The number of fused-ring (bicyclic) bond motifs is 1. The molecule has 0 N–H and O–H groups in total. The summed E-state index contributed by atoms with van der Waals surface area (Å²) in [6.45, 7) is 0. The van der Waals surface area contributed by atoms with Gasteiger partial charge in [-0.15, -0.1) is 0 Å². The van der Waals surface area contributed by atoms with Crippen molar-refractivity contribution in [3.05, 3.63) is 21.8 Å². The highest BCUT2D eigenvalue weighted by atomic mass is 32.1. The topological polar surface area (TPSA) is 40.5 Å². The molecular weight excluding hydrogens is 214 g/mol. The van der Waals surface area contributed by atoms with E-state index < -0.39 is 0 Å². The van der Waals surface area contributed by atoms with Crippen LogP contribution in [-0.2, 0) is 7.05 Å². The molecule has 0 aliphatic heterocycles. The average Bonchev–Trinajstić information content (AvgIpc) is 2.53. The van der Waals surface area contributed by atoms with Gasteiger partial charge in [-0.1, -0.05) is 11.3 Å². The van der Waals surface area contributed by atoms with Crippen molar-refractivity contribution in [2.24, 2.45) is 7.05 Å². The van der Waals surface area contributed by atoms with Crippen molar-refractivity contribution in [3.8, 4) is 11.5 Å². The van der Waals surface area contributed by atoms with Gasteiger partial charge in [0.05, 0.1) is 24.4 Å². The molecule has 0 aliphatic rings. The molecule has 2 aromatic rings. The van der Waals surface area contributed by atoms with Gasteiger partial charge in [-0.25, -0.2) is 0 Å². The molecule has 0 unspecified atom stereocenters. The summed E-state index contributed by atoms with van der Waals surface area (Å²) >= 11 is 1.20. The molecule has 1 heterocycles. The van der Waals surface area contributed by atoms with Gasteiger partial charge in [-0.3, -0.25) is 4.79 Å². The Morgan fingerprint density at radius 2 is 1.80 bits per heavy atom. The van der Waals surface area contributed by atoms with Crippen molar-refractivity contribution in [3.63, 3.8) is 0 Å². The monoisotopic (exact) mass is 225 g/mol. The zero-order chi connectivity index (χ0) is 11.0. The second-order valence-electron chi connectivity index (χ2n) is 3.10. The van der Waals surface area contributed by atoms with Crippen LogP contribution in [-0.4, -0.2) is 18.8 Å². The highest BCUT2D eigenvalue weighted by Gasteiger charge is 2.10. The van der Waals surface area contributed by atoms with Gasteiger partial charge < -0.3 is 14.0 Å². The molecule has 2 rings (SSSR count). The summed E-state index contributed by atoms with van der Waals surface area (Å²) in [6.07, 6.45) is 0. The molecule has 0 bridgehead atoms. The zero-order valence-electron chi connectivity index (χ0n) is 8.73. The fourth-order valence-corrected chi connectivity index (χ4v) is 2.34. The van der Waals surface area contributed by atoms with E-state index in [1.165, 1.54) is 11.3 Å². The van der Waals surface area contributed by atoms with Crippen LogP contribution >= 0.6 is 11.3 Å². The van der Waals surface area contributed by atoms with Gasteiger partial charge in [-0.05, 0) is 0 Å². The van der Waals surface area contributed by atoms with E-state index in [-0.39, 0.29) is 4.87 Å². The lowest BCUT2D eigenvalue weighted by Gasteiger charge is -2.07. The zero-order valence-corrected chi connectivity index (χ0v) is 9.55. The second-order valence-corrected chi connectivity index (χ2v) is 4.10. The van der Waals surface area contributed by atoms with E-state index >= 15 is 0 Å². The lowest BCUT2D eigenvalue weighted by atomic mass is 10.3. The summed E-state index contributed by atoms with van der Waals surface area (Å²) in [6, 6.07) is 3.63. The smallest absolute Gasteiger partial charge is 0.307 e. The molecule has 0 saturated heterocycles. The Kier molecular flexibility index (Phi) is 2.40. The standard InChI is InChI=1S/C10H11NO3S/c1-11-6-4-7(13-2)8(14-3)5-9(6)15-10(11)12/h4-5H,1-3H3. The number of hydrogen-bond donors (Lipinski definition) is 0. The summed E-state index contributed by atoms with van der Waals surface area (Å²) in [5, 5.41) is 0. The maximum atomic E-state index is 11.4. The number of methoxy groups -OCH3 is 2. The first-order valence-electron chi connectivity index (χ1n) is 4.39. The summed E-state index contributed by atoms with van der Waals surface area (Å²) < 4.78 is 12.8. The number of ether oxygens (including phenoxy) is 2. The lowest BCUT2D eigenvalue weighted by Crippen LogP contribution is -2.06. The summed E-state index contributed by atoms with van der Waals surface area (Å²) in [4.78, 5) is 11.5. The summed E-state index contributed by atoms with van der Waals surface area (Å²) in [5.41, 5.74) is 0.864. The van der Waals surface area contributed by atoms with Gasteiger partial charge in [0, 0.05) is 19.2 Å². The van der Waals surface area contributed by atoms with Gasteiger partial charge in [0.1, 0.15) is 0 Å². The average molecular weight is 225 g/mol. The molecular formula is C10H11NO3S. The maximum Gasteiger partial charge on any atom is 0.307 e. The van der Waals surface area contributed by atoms with Crippen molar-refractivity contribution in [1.29, 1.82) is 0 Å². The normalized spacial score (nSPS) is 10.6. The molecule has 0 fully saturated rings. The lowest BCUT2D eigenvalue weighted by molar-refractivity contribution is 0.356. The van der Waals surface area contributed by atoms with Crippen LogP contribution in [0.2, 0.25) is 0 Å². The number of nitrogens with zero attached hydrogens (tertiary/aromatic N) is 1. The van der Waals surface area contributed by atoms with Gasteiger partial charge in [0.15, 0.2) is 11.5 Å². The van der Waals surface area contributed by atoms with Gasteiger partial charge >= 0.3 is 4.87 Å². The minimum atomic E-state index is 0.0142. The molecule has 1 aromatic carbocycles. The highest BCUT2D eigenvalue weighted by molar-refractivity contribution is 7.16. The Hall–Kier alpha value is -1.49. The third kappa shape index (κ3) is 1.48. The van der Waals surface area contributed by atoms with Crippen molar-refractivity contribution >= 4 is 21.6 Å². The van der Waals surface area contributed by atoms with Gasteiger partial charge in [-0.2, -0.15) is 0 Å². The SMILES string of the molecule is COc1cc2sc(=O)n(C)c2cc1OC. The Morgan fingerprint density at radius 1 is 1.20 bits per heavy atom. The Labute approximate surface area is 90.7 Å². The predicted octanol–water partition coefficient (Wildman–Crippen LogP) is 1.62. The van der Waals surface area contributed by atoms with Crippen LogP contribution in [0.25, 0.3) is 10.2 Å². The van der Waals surface area contributed by atoms with Crippen molar-refractivity contribution in [2.75, 3.05) is 14.2 Å². The third-order valence-corrected chi connectivity index (χ3v) is 3.29. The van der Waals surface area contributed by atoms with E-state index in [2.05, 4.69) is 0 Å². The number of aryl methyl sites for hydroxylation is 1.